The fourth-order valence-corrected chi connectivity index (χ4v) is 2.31. The Morgan fingerprint density at radius 3 is 2.88 bits per heavy atom. The molecule has 90 valence electrons. The lowest BCUT2D eigenvalue weighted by molar-refractivity contribution is 0.408. The summed E-state index contributed by atoms with van der Waals surface area (Å²) in [6.45, 7) is 1.65. The Morgan fingerprint density at radius 1 is 1.29 bits per heavy atom. The number of ether oxygens (including phenoxy) is 1. The number of hydrogen-bond acceptors (Lipinski definition) is 4. The Morgan fingerprint density at radius 2 is 2.18 bits per heavy atom. The van der Waals surface area contributed by atoms with E-state index in [0.29, 0.717) is 0 Å². The second kappa shape index (κ2) is 5.70. The van der Waals surface area contributed by atoms with Gasteiger partial charge in [-0.05, 0) is 28.5 Å². The van der Waals surface area contributed by atoms with Crippen molar-refractivity contribution in [1.29, 1.82) is 0 Å². The van der Waals surface area contributed by atoms with Crippen LogP contribution in [-0.2, 0) is 13.1 Å². The molecule has 2 rings (SSSR count). The zero-order valence-corrected chi connectivity index (χ0v) is 10.6. The van der Waals surface area contributed by atoms with Crippen molar-refractivity contribution in [2.75, 3.05) is 12.8 Å². The van der Waals surface area contributed by atoms with E-state index in [1.807, 2.05) is 18.2 Å². The van der Waals surface area contributed by atoms with E-state index in [0.717, 1.165) is 30.1 Å². The third-order valence-electron chi connectivity index (χ3n) is 2.54. The van der Waals surface area contributed by atoms with Crippen LogP contribution in [0.1, 0.15) is 11.1 Å². The Balaban J connectivity index is 1.94. The molecule has 17 heavy (non-hydrogen) atoms. The van der Waals surface area contributed by atoms with Crippen molar-refractivity contribution >= 4 is 17.0 Å². The van der Waals surface area contributed by atoms with Crippen molar-refractivity contribution < 1.29 is 4.74 Å². The predicted molar refractivity (Wildman–Crippen MR) is 72.3 cm³/mol. The van der Waals surface area contributed by atoms with Gasteiger partial charge in [-0.15, -0.1) is 0 Å². The number of hydrogen-bond donors (Lipinski definition) is 2. The summed E-state index contributed by atoms with van der Waals surface area (Å²) in [5, 5.41) is 7.61. The molecule has 0 unspecified atom stereocenters. The third-order valence-corrected chi connectivity index (χ3v) is 3.27. The van der Waals surface area contributed by atoms with Gasteiger partial charge in [-0.2, -0.15) is 11.3 Å². The first-order chi connectivity index (χ1) is 8.29. The van der Waals surface area contributed by atoms with Crippen molar-refractivity contribution in [2.24, 2.45) is 0 Å². The molecule has 0 amide bonds. The van der Waals surface area contributed by atoms with Crippen LogP contribution >= 0.6 is 11.3 Å². The number of thiophene rings is 1. The van der Waals surface area contributed by atoms with Crippen molar-refractivity contribution in [3.63, 3.8) is 0 Å². The van der Waals surface area contributed by atoms with Crippen molar-refractivity contribution in [1.82, 2.24) is 5.32 Å². The SMILES string of the molecule is COc1cc(N)ccc1CNCc1ccsc1. The van der Waals surface area contributed by atoms with E-state index in [4.69, 9.17) is 10.5 Å². The first-order valence-electron chi connectivity index (χ1n) is 5.44. The van der Waals surface area contributed by atoms with E-state index >= 15 is 0 Å². The van der Waals surface area contributed by atoms with Gasteiger partial charge in [0.1, 0.15) is 5.75 Å². The van der Waals surface area contributed by atoms with E-state index in [1.165, 1.54) is 5.56 Å². The Hall–Kier alpha value is -1.52. The fourth-order valence-electron chi connectivity index (χ4n) is 1.64. The molecule has 0 spiro atoms. The summed E-state index contributed by atoms with van der Waals surface area (Å²) >= 11 is 1.71. The van der Waals surface area contributed by atoms with Gasteiger partial charge >= 0.3 is 0 Å². The van der Waals surface area contributed by atoms with Crippen LogP contribution in [0.2, 0.25) is 0 Å². The first kappa shape index (κ1) is 12.0. The maximum absolute atomic E-state index is 5.71. The highest BCUT2D eigenvalue weighted by Gasteiger charge is 2.03. The average Bonchev–Trinajstić information content (AvgIpc) is 2.84. The second-order valence-electron chi connectivity index (χ2n) is 3.81. The molecule has 3 N–H and O–H groups in total. The number of benzene rings is 1. The van der Waals surface area contributed by atoms with E-state index in [9.17, 15) is 0 Å². The van der Waals surface area contributed by atoms with Gasteiger partial charge < -0.3 is 15.8 Å². The molecular formula is C13H16N2OS. The van der Waals surface area contributed by atoms with Gasteiger partial charge in [0.2, 0.25) is 0 Å². The number of rotatable bonds is 5. The van der Waals surface area contributed by atoms with E-state index in [1.54, 1.807) is 18.4 Å². The number of methoxy groups -OCH3 is 1. The van der Waals surface area contributed by atoms with E-state index in [-0.39, 0.29) is 0 Å². The molecule has 1 heterocycles. The lowest BCUT2D eigenvalue weighted by atomic mass is 10.2. The maximum atomic E-state index is 5.71. The van der Waals surface area contributed by atoms with Crippen molar-refractivity contribution in [2.45, 2.75) is 13.1 Å². The quantitative estimate of drug-likeness (QED) is 0.800. The Labute approximate surface area is 105 Å². The molecule has 0 saturated carbocycles. The summed E-state index contributed by atoms with van der Waals surface area (Å²) in [5.41, 5.74) is 8.87. The van der Waals surface area contributed by atoms with Gasteiger partial charge in [-0.1, -0.05) is 6.07 Å². The lowest BCUT2D eigenvalue weighted by Crippen LogP contribution is -2.13. The molecule has 4 heteroatoms. The topological polar surface area (TPSA) is 47.3 Å². The fraction of sp³-hybridized carbons (Fsp3) is 0.231. The highest BCUT2D eigenvalue weighted by atomic mass is 32.1. The number of nitrogens with one attached hydrogen (secondary N) is 1. The van der Waals surface area contributed by atoms with Crippen LogP contribution in [0.25, 0.3) is 0 Å². The summed E-state index contributed by atoms with van der Waals surface area (Å²) in [7, 11) is 1.66. The molecule has 0 saturated heterocycles. The smallest absolute Gasteiger partial charge is 0.125 e. The number of nitrogens with two attached hydrogens (primary N) is 1. The zero-order chi connectivity index (χ0) is 12.1. The predicted octanol–water partition coefficient (Wildman–Crippen LogP) is 2.63. The summed E-state index contributed by atoms with van der Waals surface area (Å²) < 4.78 is 5.30. The molecule has 1 aromatic carbocycles. The normalized spacial score (nSPS) is 10.4. The van der Waals surface area contributed by atoms with Crippen LogP contribution in [0.3, 0.4) is 0 Å². The van der Waals surface area contributed by atoms with Crippen LogP contribution in [-0.4, -0.2) is 7.11 Å². The monoisotopic (exact) mass is 248 g/mol. The molecule has 3 nitrogen and oxygen atoms in total. The zero-order valence-electron chi connectivity index (χ0n) is 9.77. The molecule has 0 aliphatic heterocycles. The van der Waals surface area contributed by atoms with Gasteiger partial charge in [-0.25, -0.2) is 0 Å². The highest BCUT2D eigenvalue weighted by molar-refractivity contribution is 7.07. The minimum atomic E-state index is 0.725. The Kier molecular flexibility index (Phi) is 4.01. The minimum Gasteiger partial charge on any atom is -0.496 e. The van der Waals surface area contributed by atoms with Crippen LogP contribution in [0, 0.1) is 0 Å². The summed E-state index contributed by atoms with van der Waals surface area (Å²) in [6, 6.07) is 7.86. The Bertz CT molecular complexity index is 468. The lowest BCUT2D eigenvalue weighted by Gasteiger charge is -2.10. The van der Waals surface area contributed by atoms with Crippen molar-refractivity contribution in [3.8, 4) is 5.75 Å². The molecule has 0 aliphatic rings. The van der Waals surface area contributed by atoms with Crippen molar-refractivity contribution in [3.05, 3.63) is 46.2 Å². The second-order valence-corrected chi connectivity index (χ2v) is 4.59. The third kappa shape index (κ3) is 3.22. The minimum absolute atomic E-state index is 0.725. The molecule has 0 aliphatic carbocycles. The summed E-state index contributed by atoms with van der Waals surface area (Å²) in [4.78, 5) is 0. The molecule has 2 aromatic rings. The molecule has 0 atom stereocenters. The van der Waals surface area contributed by atoms with Crippen LogP contribution in [0.4, 0.5) is 5.69 Å². The van der Waals surface area contributed by atoms with Gasteiger partial charge in [0.15, 0.2) is 0 Å². The molecule has 1 aromatic heterocycles. The van der Waals surface area contributed by atoms with Crippen LogP contribution < -0.4 is 15.8 Å². The van der Waals surface area contributed by atoms with Gasteiger partial charge in [0, 0.05) is 30.4 Å². The van der Waals surface area contributed by atoms with Gasteiger partial charge in [0.05, 0.1) is 7.11 Å². The average molecular weight is 248 g/mol. The highest BCUT2D eigenvalue weighted by Crippen LogP contribution is 2.21. The first-order valence-corrected chi connectivity index (χ1v) is 6.38. The van der Waals surface area contributed by atoms with E-state index in [2.05, 4.69) is 22.1 Å². The molecule has 0 bridgehead atoms. The van der Waals surface area contributed by atoms with Gasteiger partial charge in [0.25, 0.3) is 0 Å². The maximum Gasteiger partial charge on any atom is 0.125 e. The standard InChI is InChI=1S/C13H16N2OS/c1-16-13-6-12(14)3-2-11(13)8-15-7-10-4-5-17-9-10/h2-6,9,15H,7-8,14H2,1H3. The summed E-state index contributed by atoms with van der Waals surface area (Å²) in [5.74, 6) is 0.836. The van der Waals surface area contributed by atoms with Gasteiger partial charge in [-0.3, -0.25) is 0 Å². The summed E-state index contributed by atoms with van der Waals surface area (Å²) in [6.07, 6.45) is 0. The van der Waals surface area contributed by atoms with Crippen LogP contribution in [0.15, 0.2) is 35.0 Å². The number of nitrogen functional groups attached to an aromatic ring is 1. The van der Waals surface area contributed by atoms with Crippen LogP contribution in [0.5, 0.6) is 5.75 Å². The molecular weight excluding hydrogens is 232 g/mol. The molecule has 0 fully saturated rings. The molecule has 0 radical (unpaired) electrons. The van der Waals surface area contributed by atoms with E-state index < -0.39 is 0 Å². The number of anilines is 1. The largest absolute Gasteiger partial charge is 0.496 e.